The molecular formula is C20H27N3O4. The van der Waals surface area contributed by atoms with Gasteiger partial charge in [-0.25, -0.2) is 4.79 Å². The highest BCUT2D eigenvalue weighted by Crippen LogP contribution is 2.28. The van der Waals surface area contributed by atoms with E-state index in [1.807, 2.05) is 0 Å². The first-order chi connectivity index (χ1) is 12.7. The molecule has 0 aromatic heterocycles. The van der Waals surface area contributed by atoms with E-state index in [0.717, 1.165) is 6.54 Å². The van der Waals surface area contributed by atoms with E-state index in [-0.39, 0.29) is 23.3 Å². The van der Waals surface area contributed by atoms with Crippen molar-refractivity contribution in [2.45, 2.75) is 33.2 Å². The van der Waals surface area contributed by atoms with Gasteiger partial charge in [0.2, 0.25) is 0 Å². The van der Waals surface area contributed by atoms with Crippen molar-refractivity contribution in [3.63, 3.8) is 0 Å². The van der Waals surface area contributed by atoms with Crippen molar-refractivity contribution in [3.05, 3.63) is 35.4 Å². The monoisotopic (exact) mass is 373 g/mol. The Balaban J connectivity index is 1.56. The van der Waals surface area contributed by atoms with Crippen molar-refractivity contribution in [3.8, 4) is 0 Å². The third-order valence-electron chi connectivity index (χ3n) is 5.44. The van der Waals surface area contributed by atoms with Gasteiger partial charge < -0.3 is 10.0 Å². The second kappa shape index (κ2) is 7.31. The topological polar surface area (TPSA) is 81.2 Å². The maximum absolute atomic E-state index is 12.4. The number of piperazine rings is 1. The summed E-state index contributed by atoms with van der Waals surface area (Å²) in [5.74, 6) is -0.447. The molecule has 0 radical (unpaired) electrons. The van der Waals surface area contributed by atoms with Crippen LogP contribution in [-0.2, 0) is 0 Å². The molecule has 1 unspecified atom stereocenters. The Morgan fingerprint density at radius 3 is 2.19 bits per heavy atom. The van der Waals surface area contributed by atoms with Gasteiger partial charge in [-0.05, 0) is 30.5 Å². The number of imide groups is 1. The molecule has 2 heterocycles. The van der Waals surface area contributed by atoms with Crippen LogP contribution in [0.5, 0.6) is 0 Å². The van der Waals surface area contributed by atoms with Gasteiger partial charge in [0.1, 0.15) is 0 Å². The van der Waals surface area contributed by atoms with Crippen LogP contribution in [0.15, 0.2) is 24.3 Å². The summed E-state index contributed by atoms with van der Waals surface area (Å²) < 4.78 is 0. The molecule has 0 aliphatic carbocycles. The van der Waals surface area contributed by atoms with Crippen molar-refractivity contribution in [2.24, 2.45) is 5.41 Å². The molecular weight excluding hydrogens is 346 g/mol. The number of carbonyl (C=O) groups excluding carboxylic acids is 2. The summed E-state index contributed by atoms with van der Waals surface area (Å²) in [6.45, 7) is 9.07. The van der Waals surface area contributed by atoms with E-state index in [4.69, 9.17) is 0 Å². The van der Waals surface area contributed by atoms with Crippen LogP contribution in [0.25, 0.3) is 0 Å². The summed E-state index contributed by atoms with van der Waals surface area (Å²) in [6.07, 6.45) is -0.198. The first-order valence-corrected chi connectivity index (χ1v) is 9.37. The molecule has 2 aliphatic heterocycles. The summed E-state index contributed by atoms with van der Waals surface area (Å²) in [7, 11) is 0. The van der Waals surface area contributed by atoms with E-state index in [1.54, 1.807) is 24.3 Å². The van der Waals surface area contributed by atoms with Crippen molar-refractivity contribution < 1.29 is 19.5 Å². The van der Waals surface area contributed by atoms with E-state index in [1.165, 1.54) is 9.80 Å². The molecule has 1 N–H and O–H groups in total. The molecule has 27 heavy (non-hydrogen) atoms. The summed E-state index contributed by atoms with van der Waals surface area (Å²) in [5, 5.41) is 9.45. The molecule has 1 saturated heterocycles. The predicted octanol–water partition coefficient (Wildman–Crippen LogP) is 2.38. The van der Waals surface area contributed by atoms with Gasteiger partial charge in [-0.15, -0.1) is 0 Å². The third-order valence-corrected chi connectivity index (χ3v) is 5.44. The minimum atomic E-state index is -0.874. The Morgan fingerprint density at radius 1 is 1.07 bits per heavy atom. The fourth-order valence-corrected chi connectivity index (χ4v) is 3.91. The highest BCUT2D eigenvalue weighted by Gasteiger charge is 2.38. The molecule has 0 saturated carbocycles. The van der Waals surface area contributed by atoms with Crippen LogP contribution < -0.4 is 0 Å². The van der Waals surface area contributed by atoms with Gasteiger partial charge in [-0.1, -0.05) is 32.9 Å². The Hall–Kier alpha value is -2.41. The first-order valence-electron chi connectivity index (χ1n) is 9.37. The summed E-state index contributed by atoms with van der Waals surface area (Å²) >= 11 is 0. The van der Waals surface area contributed by atoms with Gasteiger partial charge in [0, 0.05) is 26.2 Å². The number of benzene rings is 1. The Labute approximate surface area is 159 Å². The molecule has 0 spiro atoms. The van der Waals surface area contributed by atoms with Crippen LogP contribution in [0.2, 0.25) is 0 Å². The molecule has 2 aliphatic rings. The maximum atomic E-state index is 12.4. The Morgan fingerprint density at radius 2 is 1.67 bits per heavy atom. The summed E-state index contributed by atoms with van der Waals surface area (Å²) in [5.41, 5.74) is 0.801. The first kappa shape index (κ1) is 19.4. The fourth-order valence-electron chi connectivity index (χ4n) is 3.91. The zero-order valence-electron chi connectivity index (χ0n) is 16.1. The summed E-state index contributed by atoms with van der Waals surface area (Å²) in [4.78, 5) is 41.4. The van der Waals surface area contributed by atoms with Crippen LogP contribution in [0, 0.1) is 5.41 Å². The van der Waals surface area contributed by atoms with Gasteiger partial charge in [0.25, 0.3) is 11.8 Å². The smallest absolute Gasteiger partial charge is 0.407 e. The average molecular weight is 373 g/mol. The van der Waals surface area contributed by atoms with E-state index in [2.05, 4.69) is 25.7 Å². The average Bonchev–Trinajstić information content (AvgIpc) is 2.86. The van der Waals surface area contributed by atoms with E-state index < -0.39 is 6.09 Å². The molecule has 146 valence electrons. The van der Waals surface area contributed by atoms with Gasteiger partial charge in [-0.3, -0.25) is 19.4 Å². The predicted molar refractivity (Wildman–Crippen MR) is 101 cm³/mol. The standard InChI is InChI=1S/C20H27N3O4/c1-20(2,3)16-13-21(11-12-22(16)19(26)27)9-6-10-23-17(24)14-7-4-5-8-15(14)18(23)25/h4-5,7-8,16H,6,9-13H2,1-3H3,(H,26,27). The number of carbonyl (C=O) groups is 3. The summed E-state index contributed by atoms with van der Waals surface area (Å²) in [6, 6.07) is 6.83. The van der Waals surface area contributed by atoms with Crippen molar-refractivity contribution in [2.75, 3.05) is 32.7 Å². The van der Waals surface area contributed by atoms with Gasteiger partial charge in [-0.2, -0.15) is 0 Å². The minimum Gasteiger partial charge on any atom is -0.465 e. The molecule has 7 nitrogen and oxygen atoms in total. The van der Waals surface area contributed by atoms with Crippen LogP contribution in [0.3, 0.4) is 0 Å². The lowest BCUT2D eigenvalue weighted by Crippen LogP contribution is -2.59. The molecule has 0 bridgehead atoms. The lowest BCUT2D eigenvalue weighted by molar-refractivity contribution is 0.0205. The number of hydrogen-bond acceptors (Lipinski definition) is 4. The maximum Gasteiger partial charge on any atom is 0.407 e. The van der Waals surface area contributed by atoms with E-state index in [9.17, 15) is 19.5 Å². The normalized spacial score (nSPS) is 20.9. The molecule has 1 fully saturated rings. The fraction of sp³-hybridized carbons (Fsp3) is 0.550. The Bertz CT molecular complexity index is 721. The highest BCUT2D eigenvalue weighted by molar-refractivity contribution is 6.21. The zero-order chi connectivity index (χ0) is 19.8. The molecule has 1 aromatic rings. The number of rotatable bonds is 4. The molecule has 1 atom stereocenters. The number of carboxylic acid groups (broad SMARTS) is 1. The number of hydrogen-bond donors (Lipinski definition) is 1. The Kier molecular flexibility index (Phi) is 5.24. The van der Waals surface area contributed by atoms with Crippen LogP contribution >= 0.6 is 0 Å². The molecule has 3 amide bonds. The zero-order valence-corrected chi connectivity index (χ0v) is 16.1. The largest absolute Gasteiger partial charge is 0.465 e. The van der Waals surface area contributed by atoms with E-state index >= 15 is 0 Å². The van der Waals surface area contributed by atoms with Gasteiger partial charge in [0.15, 0.2) is 0 Å². The van der Waals surface area contributed by atoms with Crippen LogP contribution in [-0.4, -0.2) is 76.5 Å². The van der Waals surface area contributed by atoms with E-state index in [0.29, 0.717) is 43.7 Å². The van der Waals surface area contributed by atoms with Crippen molar-refractivity contribution >= 4 is 17.9 Å². The van der Waals surface area contributed by atoms with Crippen LogP contribution in [0.4, 0.5) is 4.79 Å². The molecule has 1 aromatic carbocycles. The second-order valence-corrected chi connectivity index (χ2v) is 8.32. The SMILES string of the molecule is CC(C)(C)C1CN(CCCN2C(=O)c3ccccc3C2=O)CCN1C(=O)O. The number of fused-ring (bicyclic) bond motifs is 1. The van der Waals surface area contributed by atoms with Gasteiger partial charge >= 0.3 is 6.09 Å². The lowest BCUT2D eigenvalue weighted by atomic mass is 9.84. The third kappa shape index (κ3) is 3.83. The van der Waals surface area contributed by atoms with Crippen molar-refractivity contribution in [1.82, 2.24) is 14.7 Å². The van der Waals surface area contributed by atoms with Crippen LogP contribution in [0.1, 0.15) is 47.9 Å². The highest BCUT2D eigenvalue weighted by atomic mass is 16.4. The molecule has 3 rings (SSSR count). The minimum absolute atomic E-state index is 0.0805. The molecule has 7 heteroatoms. The quantitative estimate of drug-likeness (QED) is 0.820. The lowest BCUT2D eigenvalue weighted by Gasteiger charge is -2.46. The second-order valence-electron chi connectivity index (χ2n) is 8.32. The van der Waals surface area contributed by atoms with Crippen molar-refractivity contribution in [1.29, 1.82) is 0 Å². The number of nitrogens with zero attached hydrogens (tertiary/aromatic N) is 3. The van der Waals surface area contributed by atoms with Gasteiger partial charge in [0.05, 0.1) is 17.2 Å². The number of amides is 3.